The Hall–Kier alpha value is -2.80. The number of carbonyl (C=O) groups excluding carboxylic acids is 2. The molecule has 1 saturated heterocycles. The Morgan fingerprint density at radius 2 is 1.77 bits per heavy atom. The Morgan fingerprint density at radius 1 is 1.10 bits per heavy atom. The van der Waals surface area contributed by atoms with Crippen LogP contribution in [0, 0.1) is 13.8 Å². The normalized spacial score (nSPS) is 15.5. The summed E-state index contributed by atoms with van der Waals surface area (Å²) in [6.07, 6.45) is 3.57. The number of aromatic nitrogens is 1. The number of amides is 1. The highest BCUT2D eigenvalue weighted by molar-refractivity contribution is 6.00. The molecule has 7 nitrogen and oxygen atoms in total. The zero-order chi connectivity index (χ0) is 21.7. The minimum absolute atomic E-state index is 0.0802. The molecule has 2 N–H and O–H groups in total. The minimum Gasteiger partial charge on any atom is -0.497 e. The van der Waals surface area contributed by atoms with E-state index in [2.05, 4.69) is 27.3 Å². The van der Waals surface area contributed by atoms with Crippen molar-refractivity contribution in [2.24, 2.45) is 0 Å². The lowest BCUT2D eigenvalue weighted by Crippen LogP contribution is -2.40. The molecule has 30 heavy (non-hydrogen) atoms. The van der Waals surface area contributed by atoms with Gasteiger partial charge in [-0.05, 0) is 63.0 Å². The molecule has 1 atom stereocenters. The predicted molar refractivity (Wildman–Crippen MR) is 115 cm³/mol. The summed E-state index contributed by atoms with van der Waals surface area (Å²) in [5.74, 6) is 0.152. The van der Waals surface area contributed by atoms with Gasteiger partial charge in [-0.2, -0.15) is 0 Å². The number of nitrogens with zero attached hydrogens (tertiary/aromatic N) is 1. The van der Waals surface area contributed by atoms with Gasteiger partial charge in [0.1, 0.15) is 11.4 Å². The first-order valence-corrected chi connectivity index (χ1v) is 10.4. The molecule has 0 spiro atoms. The third-order valence-electron chi connectivity index (χ3n) is 5.84. The Labute approximate surface area is 177 Å². The molecule has 0 bridgehead atoms. The van der Waals surface area contributed by atoms with E-state index in [1.165, 1.54) is 13.5 Å². The van der Waals surface area contributed by atoms with Crippen LogP contribution in [0.25, 0.3) is 0 Å². The maximum Gasteiger partial charge on any atom is 0.339 e. The van der Waals surface area contributed by atoms with Crippen molar-refractivity contribution in [3.8, 4) is 5.75 Å². The van der Waals surface area contributed by atoms with Crippen LogP contribution in [0.1, 0.15) is 63.0 Å². The Kier molecular flexibility index (Phi) is 7.15. The van der Waals surface area contributed by atoms with Crippen LogP contribution in [0.5, 0.6) is 5.75 Å². The van der Waals surface area contributed by atoms with Gasteiger partial charge in [0.05, 0.1) is 25.8 Å². The lowest BCUT2D eigenvalue weighted by Gasteiger charge is -2.35. The third kappa shape index (κ3) is 4.67. The number of esters is 1. The van der Waals surface area contributed by atoms with Gasteiger partial charge in [0.25, 0.3) is 5.91 Å². The van der Waals surface area contributed by atoms with E-state index in [-0.39, 0.29) is 11.9 Å². The molecule has 0 saturated carbocycles. The molecule has 0 radical (unpaired) electrons. The predicted octanol–water partition coefficient (Wildman–Crippen LogP) is 3.38. The number of likely N-dealkylation sites (tertiary alicyclic amines) is 1. The quantitative estimate of drug-likeness (QED) is 0.680. The number of hydrogen-bond donors (Lipinski definition) is 2. The summed E-state index contributed by atoms with van der Waals surface area (Å²) < 4.78 is 10.1. The zero-order valence-corrected chi connectivity index (χ0v) is 18.2. The van der Waals surface area contributed by atoms with Gasteiger partial charge in [-0.3, -0.25) is 9.69 Å². The second-order valence-corrected chi connectivity index (χ2v) is 7.71. The fourth-order valence-electron chi connectivity index (χ4n) is 4.18. The summed E-state index contributed by atoms with van der Waals surface area (Å²) in [7, 11) is 2.99. The number of carbonyl (C=O) groups is 2. The second-order valence-electron chi connectivity index (χ2n) is 7.71. The first-order chi connectivity index (χ1) is 14.5. The van der Waals surface area contributed by atoms with Crippen LogP contribution in [0.2, 0.25) is 0 Å². The summed E-state index contributed by atoms with van der Waals surface area (Å²) in [6.45, 7) is 6.04. The van der Waals surface area contributed by atoms with Gasteiger partial charge in [0.15, 0.2) is 0 Å². The van der Waals surface area contributed by atoms with Crippen LogP contribution >= 0.6 is 0 Å². The Bertz CT molecular complexity index is 883. The van der Waals surface area contributed by atoms with Crippen molar-refractivity contribution in [1.82, 2.24) is 15.2 Å². The van der Waals surface area contributed by atoms with Crippen LogP contribution in [-0.2, 0) is 4.74 Å². The number of benzene rings is 1. The van der Waals surface area contributed by atoms with Crippen LogP contribution < -0.4 is 10.1 Å². The van der Waals surface area contributed by atoms with Crippen molar-refractivity contribution in [3.05, 3.63) is 52.3 Å². The van der Waals surface area contributed by atoms with Crippen LogP contribution in [0.4, 0.5) is 0 Å². The molecule has 1 aromatic carbocycles. The first-order valence-electron chi connectivity index (χ1n) is 10.4. The molecule has 1 aliphatic heterocycles. The highest BCUT2D eigenvalue weighted by atomic mass is 16.5. The lowest BCUT2D eigenvalue weighted by molar-refractivity contribution is 0.0599. The molecule has 2 heterocycles. The number of piperidine rings is 1. The molecule has 1 fully saturated rings. The van der Waals surface area contributed by atoms with Gasteiger partial charge in [-0.15, -0.1) is 0 Å². The maximum absolute atomic E-state index is 12.9. The van der Waals surface area contributed by atoms with Crippen molar-refractivity contribution < 1.29 is 19.1 Å². The molecule has 162 valence electrons. The van der Waals surface area contributed by atoms with Crippen molar-refractivity contribution >= 4 is 11.9 Å². The molecule has 1 aromatic heterocycles. The van der Waals surface area contributed by atoms with E-state index in [0.29, 0.717) is 29.1 Å². The smallest absolute Gasteiger partial charge is 0.339 e. The number of ether oxygens (including phenoxy) is 2. The monoisotopic (exact) mass is 413 g/mol. The first kappa shape index (κ1) is 21.9. The van der Waals surface area contributed by atoms with E-state index in [1.54, 1.807) is 21.0 Å². The zero-order valence-electron chi connectivity index (χ0n) is 18.2. The average molecular weight is 414 g/mol. The van der Waals surface area contributed by atoms with E-state index in [0.717, 1.165) is 37.2 Å². The van der Waals surface area contributed by atoms with Crippen LogP contribution in [0.3, 0.4) is 0 Å². The standard InChI is InChI=1S/C23H31N3O4/c1-15-20(23(28)30-4)16(2)25-21(15)22(27)24-14-19(26-12-6-5-7-13-26)17-8-10-18(29-3)11-9-17/h8-11,19,25H,5-7,12-14H2,1-4H3,(H,24,27). The topological polar surface area (TPSA) is 83.7 Å². The highest BCUT2D eigenvalue weighted by Crippen LogP contribution is 2.26. The number of methoxy groups -OCH3 is 2. The number of hydrogen-bond acceptors (Lipinski definition) is 5. The fraction of sp³-hybridized carbons (Fsp3) is 0.478. The van der Waals surface area contributed by atoms with Crippen molar-refractivity contribution in [3.63, 3.8) is 0 Å². The van der Waals surface area contributed by atoms with Crippen LogP contribution in [-0.4, -0.2) is 55.6 Å². The largest absolute Gasteiger partial charge is 0.497 e. The van der Waals surface area contributed by atoms with E-state index >= 15 is 0 Å². The van der Waals surface area contributed by atoms with E-state index in [9.17, 15) is 9.59 Å². The van der Waals surface area contributed by atoms with Gasteiger partial charge in [0.2, 0.25) is 0 Å². The molecule has 1 unspecified atom stereocenters. The maximum atomic E-state index is 12.9. The number of nitrogens with one attached hydrogen (secondary N) is 2. The van der Waals surface area contributed by atoms with Gasteiger partial charge in [-0.25, -0.2) is 4.79 Å². The summed E-state index contributed by atoms with van der Waals surface area (Å²) in [5, 5.41) is 3.07. The number of aryl methyl sites for hydroxylation is 1. The minimum atomic E-state index is -0.440. The van der Waals surface area contributed by atoms with E-state index in [1.807, 2.05) is 12.1 Å². The number of rotatable bonds is 7. The van der Waals surface area contributed by atoms with E-state index < -0.39 is 5.97 Å². The lowest BCUT2D eigenvalue weighted by atomic mass is 10.0. The van der Waals surface area contributed by atoms with Crippen LogP contribution in [0.15, 0.2) is 24.3 Å². The fourth-order valence-corrected chi connectivity index (χ4v) is 4.18. The molecular weight excluding hydrogens is 382 g/mol. The van der Waals surface area contributed by atoms with Gasteiger partial charge in [0, 0.05) is 12.2 Å². The number of H-pyrrole nitrogens is 1. The third-order valence-corrected chi connectivity index (χ3v) is 5.84. The van der Waals surface area contributed by atoms with Crippen molar-refractivity contribution in [1.29, 1.82) is 0 Å². The van der Waals surface area contributed by atoms with Crippen molar-refractivity contribution in [2.45, 2.75) is 39.2 Å². The van der Waals surface area contributed by atoms with Gasteiger partial charge in [-0.1, -0.05) is 18.6 Å². The summed E-state index contributed by atoms with van der Waals surface area (Å²) in [5.41, 5.74) is 3.21. The Morgan fingerprint density at radius 3 is 2.37 bits per heavy atom. The Balaban J connectivity index is 1.78. The van der Waals surface area contributed by atoms with Gasteiger partial charge >= 0.3 is 5.97 Å². The second kappa shape index (κ2) is 9.80. The SMILES string of the molecule is COC(=O)c1c(C)[nH]c(C(=O)NCC(c2ccc(OC)cc2)N2CCCCC2)c1C. The summed E-state index contributed by atoms with van der Waals surface area (Å²) in [4.78, 5) is 30.4. The molecule has 7 heteroatoms. The molecule has 1 aliphatic rings. The molecular formula is C23H31N3O4. The highest BCUT2D eigenvalue weighted by Gasteiger charge is 2.26. The van der Waals surface area contributed by atoms with Crippen molar-refractivity contribution in [2.75, 3.05) is 33.9 Å². The summed E-state index contributed by atoms with van der Waals surface area (Å²) in [6, 6.07) is 8.11. The molecule has 2 aromatic rings. The molecule has 3 rings (SSSR count). The number of aromatic amines is 1. The summed E-state index contributed by atoms with van der Waals surface area (Å²) >= 11 is 0. The molecule has 1 amide bonds. The average Bonchev–Trinajstić information content (AvgIpc) is 3.08. The molecule has 0 aliphatic carbocycles. The van der Waals surface area contributed by atoms with E-state index in [4.69, 9.17) is 9.47 Å². The van der Waals surface area contributed by atoms with Gasteiger partial charge < -0.3 is 19.8 Å².